The van der Waals surface area contributed by atoms with Crippen LogP contribution in [0.2, 0.25) is 0 Å². The normalized spacial score (nSPS) is 21.0. The molecule has 1 N–H and O–H groups in total. The quantitative estimate of drug-likeness (QED) is 0.906. The third-order valence-electron chi connectivity index (χ3n) is 3.73. The molecule has 0 saturated heterocycles. The number of rotatable bonds is 2. The number of nitrogens with zero attached hydrogens (tertiary/aromatic N) is 3. The maximum absolute atomic E-state index is 13.3. The van der Waals surface area contributed by atoms with E-state index in [1.165, 1.54) is 17.5 Å². The third-order valence-corrected chi connectivity index (χ3v) is 5.08. The van der Waals surface area contributed by atoms with Gasteiger partial charge in [-0.05, 0) is 18.6 Å². The van der Waals surface area contributed by atoms with Crippen molar-refractivity contribution in [3.05, 3.63) is 33.6 Å². The maximum Gasteiger partial charge on any atom is 0.410 e. The first-order chi connectivity index (χ1) is 10.4. The summed E-state index contributed by atoms with van der Waals surface area (Å²) in [6.07, 6.45) is -2.51. The molecule has 0 bridgehead atoms. The van der Waals surface area contributed by atoms with E-state index in [-0.39, 0.29) is 17.8 Å². The number of anilines is 1. The molecule has 8 heteroatoms. The Bertz CT molecular complexity index is 725. The number of hydrogen-bond acceptors (Lipinski definition) is 4. The van der Waals surface area contributed by atoms with Crippen LogP contribution in [0.15, 0.2) is 18.3 Å². The number of nitrogens with one attached hydrogen (secondary N) is 1. The fourth-order valence-corrected chi connectivity index (χ4v) is 3.62. The van der Waals surface area contributed by atoms with Crippen molar-refractivity contribution < 1.29 is 13.2 Å². The van der Waals surface area contributed by atoms with Crippen LogP contribution in [0.3, 0.4) is 0 Å². The summed E-state index contributed by atoms with van der Waals surface area (Å²) >= 11 is 1.50. The van der Waals surface area contributed by atoms with Crippen LogP contribution in [0.25, 0.3) is 0 Å². The molecule has 0 aliphatic carbocycles. The van der Waals surface area contributed by atoms with Crippen LogP contribution >= 0.6 is 11.3 Å². The second kappa shape index (κ2) is 5.32. The standard InChI is InChI=1S/C14H13F3N4S/c1-2-9-3-4-11(22-9)10-5-12(14(15,16)17)21-13(20-10)8(6-18)7-19-21/h3-4,7,10,12,20H,2,5H2,1H3/t10-,12+/m1/s1. The van der Waals surface area contributed by atoms with Crippen LogP contribution < -0.4 is 5.32 Å². The highest BCUT2D eigenvalue weighted by atomic mass is 32.1. The van der Waals surface area contributed by atoms with Gasteiger partial charge in [0.25, 0.3) is 0 Å². The van der Waals surface area contributed by atoms with Gasteiger partial charge in [-0.1, -0.05) is 6.92 Å². The first-order valence-electron chi connectivity index (χ1n) is 6.83. The summed E-state index contributed by atoms with van der Waals surface area (Å²) in [7, 11) is 0. The zero-order valence-corrected chi connectivity index (χ0v) is 12.5. The number of alkyl halides is 3. The van der Waals surface area contributed by atoms with Gasteiger partial charge in [0.2, 0.25) is 0 Å². The lowest BCUT2D eigenvalue weighted by atomic mass is 10.0. The van der Waals surface area contributed by atoms with Gasteiger partial charge in [-0.2, -0.15) is 23.5 Å². The van der Waals surface area contributed by atoms with Gasteiger partial charge in [0.05, 0.1) is 12.2 Å². The number of nitriles is 1. The number of halogens is 3. The first kappa shape index (κ1) is 14.9. The molecule has 4 nitrogen and oxygen atoms in total. The minimum atomic E-state index is -4.40. The van der Waals surface area contributed by atoms with E-state index < -0.39 is 18.3 Å². The van der Waals surface area contributed by atoms with Crippen molar-refractivity contribution in [3.63, 3.8) is 0 Å². The van der Waals surface area contributed by atoms with Crippen LogP contribution in [0.5, 0.6) is 0 Å². The van der Waals surface area contributed by atoms with Crippen molar-refractivity contribution in [2.75, 3.05) is 5.32 Å². The van der Waals surface area contributed by atoms with Crippen molar-refractivity contribution in [3.8, 4) is 6.07 Å². The van der Waals surface area contributed by atoms with E-state index in [9.17, 15) is 13.2 Å². The zero-order valence-electron chi connectivity index (χ0n) is 11.7. The molecule has 1 aliphatic rings. The Morgan fingerprint density at radius 3 is 2.86 bits per heavy atom. The Morgan fingerprint density at radius 2 is 2.27 bits per heavy atom. The summed E-state index contributed by atoms with van der Waals surface area (Å²) < 4.78 is 40.9. The van der Waals surface area contributed by atoms with E-state index in [0.717, 1.165) is 20.9 Å². The summed E-state index contributed by atoms with van der Waals surface area (Å²) in [4.78, 5) is 1.97. The Hall–Kier alpha value is -2.01. The van der Waals surface area contributed by atoms with E-state index in [2.05, 4.69) is 10.4 Å². The monoisotopic (exact) mass is 326 g/mol. The van der Waals surface area contributed by atoms with Gasteiger partial charge in [0.1, 0.15) is 17.5 Å². The highest BCUT2D eigenvalue weighted by Gasteiger charge is 2.47. The molecular formula is C14H13F3N4S. The lowest BCUT2D eigenvalue weighted by Crippen LogP contribution is -2.35. The molecule has 0 aromatic carbocycles. The summed E-state index contributed by atoms with van der Waals surface area (Å²) in [6, 6.07) is 3.49. The van der Waals surface area contributed by atoms with Crippen LogP contribution in [0.1, 0.15) is 40.7 Å². The molecule has 2 aromatic rings. The highest BCUT2D eigenvalue weighted by molar-refractivity contribution is 7.12. The second-order valence-corrected chi connectivity index (χ2v) is 6.31. The first-order valence-corrected chi connectivity index (χ1v) is 7.65. The third kappa shape index (κ3) is 2.46. The predicted octanol–water partition coefficient (Wildman–Crippen LogP) is 4.04. The molecule has 3 rings (SSSR count). The molecule has 0 saturated carbocycles. The van der Waals surface area contributed by atoms with Gasteiger partial charge >= 0.3 is 6.18 Å². The lowest BCUT2D eigenvalue weighted by molar-refractivity contribution is -0.173. The van der Waals surface area contributed by atoms with Gasteiger partial charge in [-0.15, -0.1) is 11.3 Å². The van der Waals surface area contributed by atoms with Crippen molar-refractivity contribution >= 4 is 17.2 Å². The largest absolute Gasteiger partial charge is 0.410 e. The Labute approximate surface area is 129 Å². The van der Waals surface area contributed by atoms with E-state index in [1.54, 1.807) is 0 Å². The topological polar surface area (TPSA) is 53.6 Å². The summed E-state index contributed by atoms with van der Waals surface area (Å²) in [5.74, 6) is 0.146. The number of hydrogen-bond donors (Lipinski definition) is 1. The molecule has 22 heavy (non-hydrogen) atoms. The van der Waals surface area contributed by atoms with Crippen LogP contribution in [0, 0.1) is 11.3 Å². The smallest absolute Gasteiger partial charge is 0.361 e. The second-order valence-electron chi connectivity index (χ2n) is 5.11. The molecule has 0 fully saturated rings. The average Bonchev–Trinajstić information content (AvgIpc) is 3.11. The lowest BCUT2D eigenvalue weighted by Gasteiger charge is -2.33. The van der Waals surface area contributed by atoms with Gasteiger partial charge < -0.3 is 5.32 Å². The Morgan fingerprint density at radius 1 is 1.50 bits per heavy atom. The predicted molar refractivity (Wildman–Crippen MR) is 76.7 cm³/mol. The van der Waals surface area contributed by atoms with Crippen molar-refractivity contribution in [1.82, 2.24) is 9.78 Å². The molecule has 116 valence electrons. The van der Waals surface area contributed by atoms with Gasteiger partial charge in [0, 0.05) is 16.2 Å². The van der Waals surface area contributed by atoms with Crippen molar-refractivity contribution in [1.29, 1.82) is 5.26 Å². The molecule has 1 aliphatic heterocycles. The number of aryl methyl sites for hydroxylation is 1. The number of fused-ring (bicyclic) bond motifs is 1. The summed E-state index contributed by atoms with van der Waals surface area (Å²) in [5, 5.41) is 15.8. The fraction of sp³-hybridized carbons (Fsp3) is 0.429. The van der Waals surface area contributed by atoms with E-state index in [4.69, 9.17) is 5.26 Å². The molecule has 3 heterocycles. The summed E-state index contributed by atoms with van der Waals surface area (Å²) in [5.41, 5.74) is 0.131. The highest BCUT2D eigenvalue weighted by Crippen LogP contribution is 2.45. The van der Waals surface area contributed by atoms with Crippen LogP contribution in [0.4, 0.5) is 19.0 Å². The maximum atomic E-state index is 13.3. The Balaban J connectivity index is 2.01. The molecule has 2 aromatic heterocycles. The van der Waals surface area contributed by atoms with Gasteiger partial charge in [-0.3, -0.25) is 0 Å². The van der Waals surface area contributed by atoms with E-state index in [0.29, 0.717) is 0 Å². The minimum absolute atomic E-state index is 0.131. The fourth-order valence-electron chi connectivity index (χ4n) is 2.60. The SMILES string of the molecule is CCc1ccc([C@H]2C[C@@H](C(F)(F)F)n3ncc(C#N)c3N2)s1. The van der Waals surface area contributed by atoms with E-state index in [1.807, 2.05) is 25.1 Å². The van der Waals surface area contributed by atoms with Crippen molar-refractivity contribution in [2.24, 2.45) is 0 Å². The van der Waals surface area contributed by atoms with Gasteiger partial charge in [0.15, 0.2) is 6.04 Å². The molecule has 0 spiro atoms. The summed E-state index contributed by atoms with van der Waals surface area (Å²) in [6.45, 7) is 2.01. The molecule has 0 radical (unpaired) electrons. The average molecular weight is 326 g/mol. The zero-order chi connectivity index (χ0) is 15.9. The Kier molecular flexibility index (Phi) is 3.60. The molecule has 0 unspecified atom stereocenters. The van der Waals surface area contributed by atoms with Crippen LogP contribution in [-0.4, -0.2) is 16.0 Å². The number of aromatic nitrogens is 2. The van der Waals surface area contributed by atoms with E-state index >= 15 is 0 Å². The van der Waals surface area contributed by atoms with Crippen LogP contribution in [-0.2, 0) is 6.42 Å². The number of thiophene rings is 1. The molecular weight excluding hydrogens is 313 g/mol. The molecule has 2 atom stereocenters. The molecule has 0 amide bonds. The van der Waals surface area contributed by atoms with Gasteiger partial charge in [-0.25, -0.2) is 4.68 Å². The van der Waals surface area contributed by atoms with Crippen molar-refractivity contribution in [2.45, 2.75) is 38.0 Å². The minimum Gasteiger partial charge on any atom is -0.361 e.